The van der Waals surface area contributed by atoms with Crippen LogP contribution in [0.4, 0.5) is 5.69 Å². The number of carbonyl (C=O) groups is 1. The summed E-state index contributed by atoms with van der Waals surface area (Å²) < 4.78 is 11.8. The van der Waals surface area contributed by atoms with Gasteiger partial charge in [0.25, 0.3) is 5.69 Å². The van der Waals surface area contributed by atoms with Crippen LogP contribution < -0.4 is 0 Å². The molecule has 3 aromatic rings. The van der Waals surface area contributed by atoms with Crippen LogP contribution in [0.25, 0.3) is 11.1 Å². The number of methoxy groups -OCH3 is 1. The number of fused-ring (bicyclic) bond motifs is 1. The molecule has 2 aromatic heterocycles. The van der Waals surface area contributed by atoms with Gasteiger partial charge < -0.3 is 13.7 Å². The van der Waals surface area contributed by atoms with Crippen LogP contribution in [-0.4, -0.2) is 22.6 Å². The van der Waals surface area contributed by atoms with Crippen molar-refractivity contribution in [1.82, 2.24) is 4.57 Å². The fourth-order valence-corrected chi connectivity index (χ4v) is 2.37. The zero-order chi connectivity index (χ0) is 15.7. The molecule has 0 bridgehead atoms. The van der Waals surface area contributed by atoms with Crippen molar-refractivity contribution in [3.63, 3.8) is 0 Å². The molecule has 0 atom stereocenters. The Balaban J connectivity index is 2.06. The summed E-state index contributed by atoms with van der Waals surface area (Å²) in [5.41, 5.74) is 2.34. The van der Waals surface area contributed by atoms with Crippen molar-refractivity contribution in [3.05, 3.63) is 64.0 Å². The summed E-state index contributed by atoms with van der Waals surface area (Å²) in [6.07, 6.45) is 1.52. The molecule has 0 radical (unpaired) electrons. The summed E-state index contributed by atoms with van der Waals surface area (Å²) in [7, 11) is 1.30. The van der Waals surface area contributed by atoms with E-state index < -0.39 is 10.9 Å². The molecule has 0 amide bonds. The Kier molecular flexibility index (Phi) is 3.38. The van der Waals surface area contributed by atoms with E-state index in [4.69, 9.17) is 9.15 Å². The van der Waals surface area contributed by atoms with Crippen molar-refractivity contribution in [3.8, 4) is 0 Å². The van der Waals surface area contributed by atoms with E-state index in [1.54, 1.807) is 28.8 Å². The minimum atomic E-state index is -0.489. The number of carbonyl (C=O) groups excluding carboxylic acids is 1. The number of ether oxygens (including phenoxy) is 1. The Morgan fingerprint density at radius 1 is 1.36 bits per heavy atom. The Morgan fingerprint density at radius 3 is 2.91 bits per heavy atom. The van der Waals surface area contributed by atoms with Crippen molar-refractivity contribution in [1.29, 1.82) is 0 Å². The molecule has 0 unspecified atom stereocenters. The van der Waals surface area contributed by atoms with Gasteiger partial charge in [0.2, 0.25) is 0 Å². The summed E-state index contributed by atoms with van der Waals surface area (Å²) in [4.78, 5) is 22.3. The number of aromatic nitrogens is 1. The minimum Gasteiger partial charge on any atom is -0.464 e. The van der Waals surface area contributed by atoms with Crippen molar-refractivity contribution >= 4 is 22.8 Å². The monoisotopic (exact) mass is 300 g/mol. The lowest BCUT2D eigenvalue weighted by Crippen LogP contribution is -2.11. The Hall–Kier alpha value is -3.09. The SMILES string of the molecule is COC(=O)c1cc2occc2n1Cc1cccc([N+](=O)[O-])c1. The minimum absolute atomic E-state index is 0.00714. The van der Waals surface area contributed by atoms with Crippen molar-refractivity contribution in [2.45, 2.75) is 6.54 Å². The number of esters is 1. The lowest BCUT2D eigenvalue weighted by molar-refractivity contribution is -0.384. The highest BCUT2D eigenvalue weighted by Crippen LogP contribution is 2.24. The number of nitrogens with zero attached hydrogens (tertiary/aromatic N) is 2. The molecule has 1 aromatic carbocycles. The van der Waals surface area contributed by atoms with Crippen LogP contribution in [0.2, 0.25) is 0 Å². The number of non-ortho nitro benzene ring substituents is 1. The maximum Gasteiger partial charge on any atom is 0.354 e. The summed E-state index contributed by atoms with van der Waals surface area (Å²) in [6, 6.07) is 9.61. The molecule has 0 aliphatic rings. The lowest BCUT2D eigenvalue weighted by atomic mass is 10.2. The second-order valence-electron chi connectivity index (χ2n) is 4.70. The molecule has 0 aliphatic carbocycles. The van der Waals surface area contributed by atoms with E-state index in [-0.39, 0.29) is 5.69 Å². The van der Waals surface area contributed by atoms with E-state index in [0.29, 0.717) is 23.4 Å². The molecule has 7 heteroatoms. The molecule has 0 saturated heterocycles. The number of furan rings is 1. The van der Waals surface area contributed by atoms with E-state index in [2.05, 4.69) is 0 Å². The molecular weight excluding hydrogens is 288 g/mol. The van der Waals surface area contributed by atoms with Gasteiger partial charge in [0.05, 0.1) is 23.8 Å². The van der Waals surface area contributed by atoms with E-state index in [0.717, 1.165) is 5.52 Å². The van der Waals surface area contributed by atoms with Gasteiger partial charge in [0.1, 0.15) is 5.69 Å². The van der Waals surface area contributed by atoms with Gasteiger partial charge in [-0.15, -0.1) is 0 Å². The van der Waals surface area contributed by atoms with E-state index in [9.17, 15) is 14.9 Å². The zero-order valence-corrected chi connectivity index (χ0v) is 11.7. The molecule has 7 nitrogen and oxygen atoms in total. The molecule has 3 rings (SSSR count). The van der Waals surface area contributed by atoms with Gasteiger partial charge in [-0.05, 0) is 5.56 Å². The first-order chi connectivity index (χ1) is 10.6. The van der Waals surface area contributed by atoms with Crippen LogP contribution in [0.3, 0.4) is 0 Å². The van der Waals surface area contributed by atoms with Crippen LogP contribution in [0.1, 0.15) is 16.1 Å². The molecular formula is C15H12N2O5. The quantitative estimate of drug-likeness (QED) is 0.420. The van der Waals surface area contributed by atoms with Gasteiger partial charge in [-0.1, -0.05) is 12.1 Å². The van der Waals surface area contributed by atoms with E-state index in [1.807, 2.05) is 0 Å². The van der Waals surface area contributed by atoms with Crippen LogP contribution in [0, 0.1) is 10.1 Å². The van der Waals surface area contributed by atoms with Gasteiger partial charge in [-0.2, -0.15) is 0 Å². The van der Waals surface area contributed by atoms with Crippen LogP contribution in [0.5, 0.6) is 0 Å². The van der Waals surface area contributed by atoms with Crippen LogP contribution in [0.15, 0.2) is 47.1 Å². The predicted octanol–water partition coefficient (Wildman–Crippen LogP) is 2.98. The summed E-state index contributed by atoms with van der Waals surface area (Å²) in [5, 5.41) is 10.9. The van der Waals surface area contributed by atoms with Gasteiger partial charge in [-0.25, -0.2) is 4.79 Å². The second-order valence-corrected chi connectivity index (χ2v) is 4.70. The van der Waals surface area contributed by atoms with Gasteiger partial charge in [-0.3, -0.25) is 10.1 Å². The van der Waals surface area contributed by atoms with Gasteiger partial charge in [0, 0.05) is 30.8 Å². The van der Waals surface area contributed by atoms with Crippen molar-refractivity contribution < 1.29 is 18.9 Å². The largest absolute Gasteiger partial charge is 0.464 e. The topological polar surface area (TPSA) is 87.5 Å². The zero-order valence-electron chi connectivity index (χ0n) is 11.7. The Bertz CT molecular complexity index is 862. The maximum absolute atomic E-state index is 11.9. The molecule has 0 spiro atoms. The van der Waals surface area contributed by atoms with Crippen LogP contribution >= 0.6 is 0 Å². The first-order valence-electron chi connectivity index (χ1n) is 6.48. The third kappa shape index (κ3) is 2.32. The first-order valence-corrected chi connectivity index (χ1v) is 6.48. The average molecular weight is 300 g/mol. The molecule has 0 fully saturated rings. The third-order valence-electron chi connectivity index (χ3n) is 3.38. The smallest absolute Gasteiger partial charge is 0.354 e. The summed E-state index contributed by atoms with van der Waals surface area (Å²) >= 11 is 0. The molecule has 0 saturated carbocycles. The van der Waals surface area contributed by atoms with E-state index in [1.165, 1.54) is 25.5 Å². The normalized spacial score (nSPS) is 10.8. The summed E-state index contributed by atoms with van der Waals surface area (Å²) in [5.74, 6) is -0.489. The number of nitro benzene ring substituents is 1. The second kappa shape index (κ2) is 5.36. The fourth-order valence-electron chi connectivity index (χ4n) is 2.37. The van der Waals surface area contributed by atoms with Gasteiger partial charge >= 0.3 is 5.97 Å². The van der Waals surface area contributed by atoms with Crippen molar-refractivity contribution in [2.24, 2.45) is 0 Å². The van der Waals surface area contributed by atoms with Crippen LogP contribution in [-0.2, 0) is 11.3 Å². The van der Waals surface area contributed by atoms with Gasteiger partial charge in [0.15, 0.2) is 5.58 Å². The van der Waals surface area contributed by atoms with E-state index >= 15 is 0 Å². The number of benzene rings is 1. The molecule has 2 heterocycles. The number of hydrogen-bond acceptors (Lipinski definition) is 5. The summed E-state index contributed by atoms with van der Waals surface area (Å²) in [6.45, 7) is 0.301. The lowest BCUT2D eigenvalue weighted by Gasteiger charge is -2.08. The first kappa shape index (κ1) is 13.9. The fraction of sp³-hybridized carbons (Fsp3) is 0.133. The number of hydrogen-bond donors (Lipinski definition) is 0. The Morgan fingerprint density at radius 2 is 2.18 bits per heavy atom. The highest BCUT2D eigenvalue weighted by atomic mass is 16.6. The van der Waals surface area contributed by atoms with Crippen molar-refractivity contribution in [2.75, 3.05) is 7.11 Å². The molecule has 22 heavy (non-hydrogen) atoms. The maximum atomic E-state index is 11.9. The third-order valence-corrected chi connectivity index (χ3v) is 3.38. The number of rotatable bonds is 4. The Labute approximate surface area is 124 Å². The molecule has 0 aliphatic heterocycles. The molecule has 0 N–H and O–H groups in total. The highest BCUT2D eigenvalue weighted by molar-refractivity contribution is 5.94. The average Bonchev–Trinajstić information content (AvgIpc) is 3.09. The predicted molar refractivity (Wildman–Crippen MR) is 77.7 cm³/mol. The highest BCUT2D eigenvalue weighted by Gasteiger charge is 2.18. The standard InChI is InChI=1S/C15H12N2O5/c1-21-15(18)13-8-14-12(5-6-22-14)16(13)9-10-3-2-4-11(7-10)17(19)20/h2-8H,9H2,1H3. The molecule has 112 valence electrons. The number of nitro groups is 1.